The monoisotopic (exact) mass is 246 g/mol. The van der Waals surface area contributed by atoms with Crippen molar-refractivity contribution in [3.05, 3.63) is 89.1 Å². The van der Waals surface area contributed by atoms with Crippen LogP contribution in [0, 0.1) is 5.92 Å². The Morgan fingerprint density at radius 2 is 1.74 bits per heavy atom. The smallest absolute Gasteiger partial charge is 0.0172 e. The van der Waals surface area contributed by atoms with E-state index in [1.165, 1.54) is 27.9 Å². The van der Waals surface area contributed by atoms with Gasteiger partial charge in [-0.2, -0.15) is 0 Å². The average Bonchev–Trinajstić information content (AvgIpc) is 2.75. The second kappa shape index (κ2) is 4.89. The number of hydrogen-bond acceptors (Lipinski definition) is 0. The molecule has 0 amide bonds. The number of rotatable bonds is 1. The summed E-state index contributed by atoms with van der Waals surface area (Å²) in [5, 5.41) is 0. The van der Waals surface area contributed by atoms with E-state index in [0.29, 0.717) is 5.92 Å². The van der Waals surface area contributed by atoms with Crippen molar-refractivity contribution in [3.8, 4) is 0 Å². The molecule has 94 valence electrons. The molecule has 0 aliphatic heterocycles. The number of hydrogen-bond donors (Lipinski definition) is 0. The highest BCUT2D eigenvalue weighted by molar-refractivity contribution is 5.84. The highest BCUT2D eigenvalue weighted by atomic mass is 14.2. The van der Waals surface area contributed by atoms with Gasteiger partial charge in [0.2, 0.25) is 0 Å². The molecule has 2 aliphatic rings. The van der Waals surface area contributed by atoms with E-state index in [0.717, 1.165) is 0 Å². The Hall–Kier alpha value is -2.08. The van der Waals surface area contributed by atoms with E-state index in [9.17, 15) is 0 Å². The SMILES string of the molecule is CC1=C(C)C2C=CC=CC(=C2)C(c2ccccc2)=C1. The molecule has 0 aromatic heterocycles. The summed E-state index contributed by atoms with van der Waals surface area (Å²) in [4.78, 5) is 0. The zero-order valence-corrected chi connectivity index (χ0v) is 11.4. The maximum Gasteiger partial charge on any atom is 0.0172 e. The Bertz CT molecular complexity index is 634. The van der Waals surface area contributed by atoms with E-state index < -0.39 is 0 Å². The van der Waals surface area contributed by atoms with Crippen molar-refractivity contribution in [2.75, 3.05) is 0 Å². The van der Waals surface area contributed by atoms with E-state index in [-0.39, 0.29) is 0 Å². The van der Waals surface area contributed by atoms with Gasteiger partial charge in [-0.25, -0.2) is 0 Å². The average molecular weight is 246 g/mol. The molecule has 0 saturated heterocycles. The summed E-state index contributed by atoms with van der Waals surface area (Å²) in [5.74, 6) is 0.419. The second-order valence-corrected chi connectivity index (χ2v) is 5.18. The van der Waals surface area contributed by atoms with Gasteiger partial charge in [0.15, 0.2) is 0 Å². The molecule has 1 unspecified atom stereocenters. The fraction of sp³-hybridized carbons (Fsp3) is 0.158. The van der Waals surface area contributed by atoms with Crippen LogP contribution in [-0.4, -0.2) is 0 Å². The first-order valence-electron chi connectivity index (χ1n) is 6.77. The van der Waals surface area contributed by atoms with Crippen molar-refractivity contribution in [3.63, 3.8) is 0 Å². The topological polar surface area (TPSA) is 0 Å². The lowest BCUT2D eigenvalue weighted by molar-refractivity contribution is 0.951. The van der Waals surface area contributed by atoms with E-state index in [1.807, 2.05) is 0 Å². The molecule has 1 aromatic rings. The van der Waals surface area contributed by atoms with Gasteiger partial charge < -0.3 is 0 Å². The van der Waals surface area contributed by atoms with Crippen molar-refractivity contribution in [1.29, 1.82) is 0 Å². The minimum absolute atomic E-state index is 0.419. The van der Waals surface area contributed by atoms with Gasteiger partial charge in [-0.3, -0.25) is 0 Å². The van der Waals surface area contributed by atoms with Crippen LogP contribution in [0.1, 0.15) is 19.4 Å². The van der Waals surface area contributed by atoms with E-state index >= 15 is 0 Å². The Kier molecular flexibility index (Phi) is 3.08. The quantitative estimate of drug-likeness (QED) is 0.647. The van der Waals surface area contributed by atoms with Crippen molar-refractivity contribution in [1.82, 2.24) is 0 Å². The Labute approximate surface area is 115 Å². The molecule has 0 fully saturated rings. The number of allylic oxidation sites excluding steroid dienone is 10. The van der Waals surface area contributed by atoms with Crippen molar-refractivity contribution in [2.45, 2.75) is 13.8 Å². The summed E-state index contributed by atoms with van der Waals surface area (Å²) in [6, 6.07) is 10.6. The van der Waals surface area contributed by atoms with Crippen LogP contribution in [0.15, 0.2) is 83.5 Å². The molecule has 1 aromatic carbocycles. The third kappa shape index (κ3) is 2.26. The first-order chi connectivity index (χ1) is 9.25. The molecule has 0 spiro atoms. The van der Waals surface area contributed by atoms with Crippen LogP contribution in [0.4, 0.5) is 0 Å². The lowest BCUT2D eigenvalue weighted by atomic mass is 9.95. The highest BCUT2D eigenvalue weighted by Crippen LogP contribution is 2.34. The van der Waals surface area contributed by atoms with E-state index in [2.05, 4.69) is 80.6 Å². The van der Waals surface area contributed by atoms with Gasteiger partial charge in [-0.1, -0.05) is 77.9 Å². The zero-order valence-electron chi connectivity index (χ0n) is 11.4. The minimum Gasteiger partial charge on any atom is -0.0735 e. The third-order valence-corrected chi connectivity index (χ3v) is 3.94. The number of fused-ring (bicyclic) bond motifs is 1. The van der Waals surface area contributed by atoms with Crippen molar-refractivity contribution in [2.24, 2.45) is 5.92 Å². The zero-order chi connectivity index (χ0) is 13.2. The molecule has 19 heavy (non-hydrogen) atoms. The van der Waals surface area contributed by atoms with Crippen LogP contribution < -0.4 is 0 Å². The van der Waals surface area contributed by atoms with Crippen LogP contribution in [-0.2, 0) is 0 Å². The predicted molar refractivity (Wildman–Crippen MR) is 82.6 cm³/mol. The van der Waals surface area contributed by atoms with Crippen LogP contribution >= 0.6 is 0 Å². The normalized spacial score (nSPS) is 21.7. The molecule has 0 heteroatoms. The standard InChI is InChI=1S/C19H18/c1-14-12-19(16-8-4-3-5-9-16)18-11-7-6-10-17(13-18)15(14)2/h3-13,17H,1-2H3. The molecule has 0 heterocycles. The maximum atomic E-state index is 2.37. The molecule has 1 atom stereocenters. The van der Waals surface area contributed by atoms with Gasteiger partial charge in [0, 0.05) is 5.92 Å². The molecular weight excluding hydrogens is 228 g/mol. The summed E-state index contributed by atoms with van der Waals surface area (Å²) in [6.07, 6.45) is 13.4. The van der Waals surface area contributed by atoms with Crippen LogP contribution in [0.2, 0.25) is 0 Å². The van der Waals surface area contributed by atoms with Crippen LogP contribution in [0.3, 0.4) is 0 Å². The van der Waals surface area contributed by atoms with Crippen molar-refractivity contribution < 1.29 is 0 Å². The van der Waals surface area contributed by atoms with E-state index in [1.54, 1.807) is 0 Å². The van der Waals surface area contributed by atoms with Crippen LogP contribution in [0.25, 0.3) is 5.57 Å². The van der Waals surface area contributed by atoms with E-state index in [4.69, 9.17) is 0 Å². The Morgan fingerprint density at radius 1 is 0.947 bits per heavy atom. The fourth-order valence-corrected chi connectivity index (χ4v) is 2.64. The molecule has 0 radical (unpaired) electrons. The fourth-order valence-electron chi connectivity index (χ4n) is 2.64. The van der Waals surface area contributed by atoms with Gasteiger partial charge in [0.1, 0.15) is 0 Å². The minimum atomic E-state index is 0.419. The highest BCUT2D eigenvalue weighted by Gasteiger charge is 2.16. The van der Waals surface area contributed by atoms with Gasteiger partial charge in [-0.15, -0.1) is 0 Å². The Morgan fingerprint density at radius 3 is 2.53 bits per heavy atom. The third-order valence-electron chi connectivity index (χ3n) is 3.94. The first kappa shape index (κ1) is 12.0. The molecule has 0 N–H and O–H groups in total. The molecule has 3 rings (SSSR count). The largest absolute Gasteiger partial charge is 0.0735 e. The number of benzene rings is 1. The molecular formula is C19H18. The van der Waals surface area contributed by atoms with Gasteiger partial charge in [0.05, 0.1) is 0 Å². The summed E-state index contributed by atoms with van der Waals surface area (Å²) in [5.41, 5.74) is 6.73. The first-order valence-corrected chi connectivity index (χ1v) is 6.77. The van der Waals surface area contributed by atoms with Crippen LogP contribution in [0.5, 0.6) is 0 Å². The summed E-state index contributed by atoms with van der Waals surface area (Å²) in [6.45, 7) is 4.44. The Balaban J connectivity index is 2.18. The predicted octanol–water partition coefficient (Wildman–Crippen LogP) is 5.09. The lowest BCUT2D eigenvalue weighted by Crippen LogP contribution is -1.95. The lowest BCUT2D eigenvalue weighted by Gasteiger charge is -2.09. The molecule has 0 saturated carbocycles. The molecule has 2 aliphatic carbocycles. The summed E-state index contributed by atoms with van der Waals surface area (Å²) >= 11 is 0. The molecule has 2 bridgehead atoms. The van der Waals surface area contributed by atoms with Gasteiger partial charge in [-0.05, 0) is 30.6 Å². The van der Waals surface area contributed by atoms with Gasteiger partial charge in [0.25, 0.3) is 0 Å². The molecule has 0 nitrogen and oxygen atoms in total. The van der Waals surface area contributed by atoms with Gasteiger partial charge >= 0.3 is 0 Å². The van der Waals surface area contributed by atoms with Crippen molar-refractivity contribution >= 4 is 5.57 Å². The summed E-state index contributed by atoms with van der Waals surface area (Å²) in [7, 11) is 0. The summed E-state index contributed by atoms with van der Waals surface area (Å²) < 4.78 is 0. The second-order valence-electron chi connectivity index (χ2n) is 5.18. The maximum absolute atomic E-state index is 2.37.